The molecule has 0 amide bonds. The Morgan fingerprint density at radius 3 is 2.70 bits per heavy atom. The van der Waals surface area contributed by atoms with Crippen LogP contribution in [-0.2, 0) is 0 Å². The topological polar surface area (TPSA) is 12.0 Å². The van der Waals surface area contributed by atoms with Crippen molar-refractivity contribution in [3.05, 3.63) is 74.8 Å². The molecule has 0 radical (unpaired) electrons. The van der Waals surface area contributed by atoms with E-state index in [1.165, 1.54) is 22.4 Å². The molecular formula is C20H19Cl2N. The highest BCUT2D eigenvalue weighted by atomic mass is 35.5. The van der Waals surface area contributed by atoms with Crippen molar-refractivity contribution in [2.45, 2.75) is 32.2 Å². The van der Waals surface area contributed by atoms with Gasteiger partial charge in [0.05, 0.1) is 6.04 Å². The summed E-state index contributed by atoms with van der Waals surface area (Å²) in [5, 5.41) is 5.19. The van der Waals surface area contributed by atoms with E-state index in [9.17, 15) is 0 Å². The smallest absolute Gasteiger partial charge is 0.0568 e. The Kier molecular flexibility index (Phi) is 3.66. The second-order valence-electron chi connectivity index (χ2n) is 6.68. The third-order valence-corrected chi connectivity index (χ3v) is 5.68. The van der Waals surface area contributed by atoms with Gasteiger partial charge in [0.1, 0.15) is 0 Å². The molecule has 4 rings (SSSR count). The molecule has 3 atom stereocenters. The van der Waals surface area contributed by atoms with E-state index in [0.717, 1.165) is 17.0 Å². The summed E-state index contributed by atoms with van der Waals surface area (Å²) in [6.45, 7) is 4.36. The summed E-state index contributed by atoms with van der Waals surface area (Å²) in [6, 6.07) is 10.6. The molecule has 3 heteroatoms. The predicted octanol–water partition coefficient (Wildman–Crippen LogP) is 6.44. The van der Waals surface area contributed by atoms with Gasteiger partial charge in [-0.25, -0.2) is 0 Å². The molecule has 2 aliphatic rings. The van der Waals surface area contributed by atoms with Crippen LogP contribution >= 0.6 is 23.2 Å². The third kappa shape index (κ3) is 2.47. The zero-order valence-electron chi connectivity index (χ0n) is 13.2. The van der Waals surface area contributed by atoms with E-state index in [1.807, 2.05) is 12.1 Å². The maximum atomic E-state index is 6.50. The molecule has 1 aliphatic heterocycles. The maximum absolute atomic E-state index is 6.50. The molecule has 2 aromatic carbocycles. The molecule has 118 valence electrons. The number of aryl methyl sites for hydroxylation is 2. The van der Waals surface area contributed by atoms with Crippen molar-refractivity contribution in [1.29, 1.82) is 0 Å². The first-order valence-corrected chi connectivity index (χ1v) is 8.79. The Bertz CT molecular complexity index is 810. The van der Waals surface area contributed by atoms with Gasteiger partial charge in [-0.05, 0) is 66.6 Å². The van der Waals surface area contributed by atoms with Gasteiger partial charge in [-0.1, -0.05) is 47.5 Å². The molecule has 0 saturated heterocycles. The van der Waals surface area contributed by atoms with E-state index in [-0.39, 0.29) is 6.04 Å². The maximum Gasteiger partial charge on any atom is 0.0568 e. The Morgan fingerprint density at radius 1 is 1.09 bits per heavy atom. The number of rotatable bonds is 1. The first kappa shape index (κ1) is 15.1. The van der Waals surface area contributed by atoms with Crippen LogP contribution in [0.2, 0.25) is 10.0 Å². The molecular weight excluding hydrogens is 325 g/mol. The Labute approximate surface area is 147 Å². The van der Waals surface area contributed by atoms with Crippen LogP contribution in [0.5, 0.6) is 0 Å². The SMILES string of the molecule is Cc1cc(C)c2c(c1)N[C@@H](c1ccc(Cl)cc1Cl)[C@H]1CC=C[C@H]21. The molecule has 0 fully saturated rings. The molecule has 1 heterocycles. The summed E-state index contributed by atoms with van der Waals surface area (Å²) in [5.41, 5.74) is 6.48. The molecule has 1 nitrogen and oxygen atoms in total. The lowest BCUT2D eigenvalue weighted by Gasteiger charge is -2.39. The van der Waals surface area contributed by atoms with Gasteiger partial charge in [-0.3, -0.25) is 0 Å². The van der Waals surface area contributed by atoms with Crippen LogP contribution in [0.3, 0.4) is 0 Å². The molecule has 1 N–H and O–H groups in total. The summed E-state index contributed by atoms with van der Waals surface area (Å²) < 4.78 is 0. The summed E-state index contributed by atoms with van der Waals surface area (Å²) in [4.78, 5) is 0. The zero-order valence-corrected chi connectivity index (χ0v) is 14.7. The van der Waals surface area contributed by atoms with Crippen LogP contribution in [0.25, 0.3) is 0 Å². The fourth-order valence-electron chi connectivity index (χ4n) is 4.20. The third-order valence-electron chi connectivity index (χ3n) is 5.11. The van der Waals surface area contributed by atoms with Gasteiger partial charge >= 0.3 is 0 Å². The van der Waals surface area contributed by atoms with Gasteiger partial charge < -0.3 is 5.32 Å². The quantitative estimate of drug-likeness (QED) is 0.587. The highest BCUT2D eigenvalue weighted by Gasteiger charge is 2.39. The molecule has 1 aliphatic carbocycles. The van der Waals surface area contributed by atoms with E-state index in [4.69, 9.17) is 23.2 Å². The first-order chi connectivity index (χ1) is 11.0. The fourth-order valence-corrected chi connectivity index (χ4v) is 4.73. The normalized spacial score (nSPS) is 25.0. The van der Waals surface area contributed by atoms with E-state index in [1.54, 1.807) is 0 Å². The first-order valence-electron chi connectivity index (χ1n) is 8.04. The second kappa shape index (κ2) is 5.58. The van der Waals surface area contributed by atoms with E-state index >= 15 is 0 Å². The van der Waals surface area contributed by atoms with Gasteiger partial charge in [0.25, 0.3) is 0 Å². The average Bonchev–Trinajstić information content (AvgIpc) is 2.95. The van der Waals surface area contributed by atoms with Crippen molar-refractivity contribution in [3.8, 4) is 0 Å². The van der Waals surface area contributed by atoms with Crippen molar-refractivity contribution in [3.63, 3.8) is 0 Å². The number of hydrogen-bond donors (Lipinski definition) is 1. The number of fused-ring (bicyclic) bond motifs is 3. The summed E-state index contributed by atoms with van der Waals surface area (Å²) >= 11 is 12.6. The van der Waals surface area contributed by atoms with Crippen LogP contribution < -0.4 is 5.32 Å². The number of nitrogens with one attached hydrogen (secondary N) is 1. The zero-order chi connectivity index (χ0) is 16.1. The van der Waals surface area contributed by atoms with E-state index in [2.05, 4.69) is 49.5 Å². The lowest BCUT2D eigenvalue weighted by molar-refractivity contribution is 0.424. The van der Waals surface area contributed by atoms with Crippen LogP contribution in [0.4, 0.5) is 5.69 Å². The Hall–Kier alpha value is -1.44. The molecule has 23 heavy (non-hydrogen) atoms. The fraction of sp³-hybridized carbons (Fsp3) is 0.300. The number of benzene rings is 2. The standard InChI is InChI=1S/C20H19Cl2N/c1-11-8-12(2)19-14-4-3-5-15(14)20(23-18(19)9-11)16-7-6-13(21)10-17(16)22/h3-4,6-10,14-15,20,23H,5H2,1-2H3/t14-,15-,20+/m0/s1. The Morgan fingerprint density at radius 2 is 1.91 bits per heavy atom. The Balaban J connectivity index is 1.84. The largest absolute Gasteiger partial charge is 0.378 e. The van der Waals surface area contributed by atoms with Crippen molar-refractivity contribution < 1.29 is 0 Å². The average molecular weight is 344 g/mol. The van der Waals surface area contributed by atoms with Gasteiger partial charge in [-0.2, -0.15) is 0 Å². The summed E-state index contributed by atoms with van der Waals surface area (Å²) in [5.74, 6) is 0.964. The molecule has 0 aromatic heterocycles. The lowest BCUT2D eigenvalue weighted by Crippen LogP contribution is -2.30. The summed E-state index contributed by atoms with van der Waals surface area (Å²) in [7, 11) is 0. The minimum Gasteiger partial charge on any atom is -0.378 e. The minimum atomic E-state index is 0.216. The molecule has 0 saturated carbocycles. The number of hydrogen-bond acceptors (Lipinski definition) is 1. The van der Waals surface area contributed by atoms with Crippen LogP contribution in [0, 0.1) is 19.8 Å². The van der Waals surface area contributed by atoms with Gasteiger partial charge in [0.2, 0.25) is 0 Å². The van der Waals surface area contributed by atoms with Gasteiger partial charge in [0.15, 0.2) is 0 Å². The van der Waals surface area contributed by atoms with Crippen LogP contribution in [0.15, 0.2) is 42.5 Å². The van der Waals surface area contributed by atoms with E-state index < -0.39 is 0 Å². The van der Waals surface area contributed by atoms with Gasteiger partial charge in [-0.15, -0.1) is 0 Å². The monoisotopic (exact) mass is 343 g/mol. The molecule has 0 bridgehead atoms. The lowest BCUT2D eigenvalue weighted by atomic mass is 9.75. The van der Waals surface area contributed by atoms with Crippen molar-refractivity contribution in [1.82, 2.24) is 0 Å². The van der Waals surface area contributed by atoms with Crippen molar-refractivity contribution in [2.24, 2.45) is 5.92 Å². The second-order valence-corrected chi connectivity index (χ2v) is 7.53. The molecule has 0 spiro atoms. The van der Waals surface area contributed by atoms with Crippen molar-refractivity contribution in [2.75, 3.05) is 5.32 Å². The van der Waals surface area contributed by atoms with Crippen LogP contribution in [-0.4, -0.2) is 0 Å². The number of halogens is 2. The van der Waals surface area contributed by atoms with Crippen LogP contribution in [0.1, 0.15) is 40.6 Å². The highest BCUT2D eigenvalue weighted by molar-refractivity contribution is 6.35. The van der Waals surface area contributed by atoms with Gasteiger partial charge in [0, 0.05) is 21.7 Å². The predicted molar refractivity (Wildman–Crippen MR) is 98.7 cm³/mol. The number of anilines is 1. The number of allylic oxidation sites excluding steroid dienone is 2. The summed E-state index contributed by atoms with van der Waals surface area (Å²) in [6.07, 6.45) is 5.75. The highest BCUT2D eigenvalue weighted by Crippen LogP contribution is 2.51. The van der Waals surface area contributed by atoms with E-state index in [0.29, 0.717) is 16.9 Å². The molecule has 2 aromatic rings. The molecule has 0 unspecified atom stereocenters. The minimum absolute atomic E-state index is 0.216. The van der Waals surface area contributed by atoms with Crippen molar-refractivity contribution >= 4 is 28.9 Å².